The number of nitrogens with zero attached hydrogens (tertiary/aromatic N) is 2. The van der Waals surface area contributed by atoms with Crippen LogP contribution in [0.4, 0.5) is 0 Å². The maximum atomic E-state index is 2.80. The third kappa shape index (κ3) is 1.70. The van der Waals surface area contributed by atoms with E-state index in [0.29, 0.717) is 0 Å². The lowest BCUT2D eigenvalue weighted by Gasteiger charge is -2.56. The molecule has 82 valence electrons. The standard InChI is InChI=1S/C10H18N2.C2H6/c1-2-11-6-9-5-10(7-11)12(9)8-3-4-8;1-2/h8-10H,2-7H2,1H3;1-2H3. The van der Waals surface area contributed by atoms with Crippen LogP contribution in [-0.4, -0.2) is 47.6 Å². The van der Waals surface area contributed by atoms with Crippen molar-refractivity contribution in [3.8, 4) is 0 Å². The third-order valence-corrected chi connectivity index (χ3v) is 3.74. The minimum atomic E-state index is 0.941. The van der Waals surface area contributed by atoms with E-state index in [9.17, 15) is 0 Å². The molecule has 3 heterocycles. The predicted molar refractivity (Wildman–Crippen MR) is 60.5 cm³/mol. The molecule has 2 nitrogen and oxygen atoms in total. The van der Waals surface area contributed by atoms with Gasteiger partial charge in [-0.1, -0.05) is 20.8 Å². The first kappa shape index (κ1) is 10.4. The Kier molecular flexibility index (Phi) is 3.13. The zero-order valence-electron chi connectivity index (χ0n) is 9.87. The van der Waals surface area contributed by atoms with E-state index in [-0.39, 0.29) is 0 Å². The summed E-state index contributed by atoms with van der Waals surface area (Å²) >= 11 is 0. The Labute approximate surface area is 88.3 Å². The zero-order chi connectivity index (χ0) is 10.1. The van der Waals surface area contributed by atoms with Crippen LogP contribution >= 0.6 is 0 Å². The minimum Gasteiger partial charge on any atom is -0.301 e. The second-order valence-electron chi connectivity index (χ2n) is 4.57. The van der Waals surface area contributed by atoms with Gasteiger partial charge in [-0.05, 0) is 25.8 Å². The minimum absolute atomic E-state index is 0.941. The quantitative estimate of drug-likeness (QED) is 0.666. The third-order valence-electron chi connectivity index (χ3n) is 3.74. The lowest BCUT2D eigenvalue weighted by atomic mass is 9.87. The van der Waals surface area contributed by atoms with Gasteiger partial charge in [-0.15, -0.1) is 0 Å². The Morgan fingerprint density at radius 1 is 1.00 bits per heavy atom. The van der Waals surface area contributed by atoms with Gasteiger partial charge in [0.15, 0.2) is 0 Å². The Balaban J connectivity index is 0.000000354. The van der Waals surface area contributed by atoms with E-state index in [2.05, 4.69) is 16.7 Å². The Bertz CT molecular complexity index is 177. The van der Waals surface area contributed by atoms with Gasteiger partial charge < -0.3 is 4.90 Å². The van der Waals surface area contributed by atoms with Crippen molar-refractivity contribution in [3.05, 3.63) is 0 Å². The molecule has 1 aliphatic carbocycles. The molecule has 4 aliphatic rings. The molecular formula is C12H24N2. The van der Waals surface area contributed by atoms with Crippen molar-refractivity contribution in [1.82, 2.24) is 9.80 Å². The second-order valence-corrected chi connectivity index (χ2v) is 4.57. The first-order valence-corrected chi connectivity index (χ1v) is 6.38. The molecule has 2 atom stereocenters. The average Bonchev–Trinajstić information content (AvgIpc) is 3.05. The summed E-state index contributed by atoms with van der Waals surface area (Å²) < 4.78 is 0. The fourth-order valence-electron chi connectivity index (χ4n) is 2.95. The molecule has 0 amide bonds. The van der Waals surface area contributed by atoms with E-state index in [1.165, 1.54) is 38.9 Å². The molecule has 0 aromatic carbocycles. The van der Waals surface area contributed by atoms with Crippen molar-refractivity contribution in [2.75, 3.05) is 19.6 Å². The summed E-state index contributed by atoms with van der Waals surface area (Å²) in [5.74, 6) is 0. The van der Waals surface area contributed by atoms with Crippen molar-refractivity contribution >= 4 is 0 Å². The largest absolute Gasteiger partial charge is 0.301 e. The summed E-state index contributed by atoms with van der Waals surface area (Å²) in [5.41, 5.74) is 0. The fourth-order valence-corrected chi connectivity index (χ4v) is 2.95. The van der Waals surface area contributed by atoms with Gasteiger partial charge in [0.25, 0.3) is 0 Å². The monoisotopic (exact) mass is 196 g/mol. The lowest BCUT2D eigenvalue weighted by molar-refractivity contribution is -0.0731. The van der Waals surface area contributed by atoms with Crippen LogP contribution in [-0.2, 0) is 0 Å². The number of fused-ring (bicyclic) bond motifs is 2. The smallest absolute Gasteiger partial charge is 0.0244 e. The van der Waals surface area contributed by atoms with Gasteiger partial charge in [0.2, 0.25) is 0 Å². The zero-order valence-corrected chi connectivity index (χ0v) is 9.87. The molecule has 3 aliphatic heterocycles. The van der Waals surface area contributed by atoms with Crippen LogP contribution < -0.4 is 0 Å². The molecule has 0 radical (unpaired) electrons. The topological polar surface area (TPSA) is 6.48 Å². The fraction of sp³-hybridized carbons (Fsp3) is 1.00. The van der Waals surface area contributed by atoms with E-state index < -0.39 is 0 Å². The van der Waals surface area contributed by atoms with Gasteiger partial charge >= 0.3 is 0 Å². The maximum absolute atomic E-state index is 2.80. The van der Waals surface area contributed by atoms with Crippen molar-refractivity contribution in [1.29, 1.82) is 0 Å². The van der Waals surface area contributed by atoms with E-state index in [0.717, 1.165) is 18.1 Å². The molecule has 4 rings (SSSR count). The predicted octanol–water partition coefficient (Wildman–Crippen LogP) is 1.95. The van der Waals surface area contributed by atoms with Crippen LogP contribution in [0.2, 0.25) is 0 Å². The van der Waals surface area contributed by atoms with Crippen LogP contribution in [0.15, 0.2) is 0 Å². The van der Waals surface area contributed by atoms with Gasteiger partial charge in [0, 0.05) is 31.2 Å². The maximum Gasteiger partial charge on any atom is 0.0244 e. The SMILES string of the molecule is CC.CCN1CC2CC(C1)N2C1CC1. The summed E-state index contributed by atoms with van der Waals surface area (Å²) in [4.78, 5) is 5.41. The molecular weight excluding hydrogens is 172 g/mol. The molecule has 2 unspecified atom stereocenters. The molecule has 3 saturated heterocycles. The molecule has 0 spiro atoms. The first-order valence-electron chi connectivity index (χ1n) is 6.38. The summed E-state index contributed by atoms with van der Waals surface area (Å²) in [6.45, 7) is 10.2. The highest BCUT2D eigenvalue weighted by Crippen LogP contribution is 2.41. The number of piperazine rings is 1. The summed E-state index contributed by atoms with van der Waals surface area (Å²) in [6.07, 6.45) is 4.46. The van der Waals surface area contributed by atoms with E-state index in [4.69, 9.17) is 0 Å². The molecule has 4 fully saturated rings. The molecule has 0 aromatic rings. The van der Waals surface area contributed by atoms with Crippen molar-refractivity contribution < 1.29 is 0 Å². The number of hydrogen-bond acceptors (Lipinski definition) is 2. The van der Waals surface area contributed by atoms with Crippen LogP contribution in [0, 0.1) is 0 Å². The van der Waals surface area contributed by atoms with Crippen molar-refractivity contribution in [3.63, 3.8) is 0 Å². The van der Waals surface area contributed by atoms with Gasteiger partial charge in [0.1, 0.15) is 0 Å². The Morgan fingerprint density at radius 3 is 2.00 bits per heavy atom. The van der Waals surface area contributed by atoms with Gasteiger partial charge in [0.05, 0.1) is 0 Å². The molecule has 14 heavy (non-hydrogen) atoms. The molecule has 1 saturated carbocycles. The number of likely N-dealkylation sites (N-methyl/N-ethyl adjacent to an activating group) is 1. The van der Waals surface area contributed by atoms with E-state index in [1.807, 2.05) is 13.8 Å². The highest BCUT2D eigenvalue weighted by atomic mass is 15.4. The Hall–Kier alpha value is -0.0800. The van der Waals surface area contributed by atoms with Crippen molar-refractivity contribution in [2.45, 2.75) is 58.2 Å². The number of piperidine rings is 1. The highest BCUT2D eigenvalue weighted by molar-refractivity contribution is 5.06. The van der Waals surface area contributed by atoms with Gasteiger partial charge in [-0.25, -0.2) is 0 Å². The molecule has 0 N–H and O–H groups in total. The lowest BCUT2D eigenvalue weighted by Crippen LogP contribution is -2.69. The summed E-state index contributed by atoms with van der Waals surface area (Å²) in [6, 6.07) is 2.89. The number of rotatable bonds is 2. The molecule has 2 heteroatoms. The van der Waals surface area contributed by atoms with E-state index in [1.54, 1.807) is 0 Å². The van der Waals surface area contributed by atoms with Crippen LogP contribution in [0.5, 0.6) is 0 Å². The molecule has 0 aromatic heterocycles. The van der Waals surface area contributed by atoms with E-state index >= 15 is 0 Å². The van der Waals surface area contributed by atoms with Crippen LogP contribution in [0.25, 0.3) is 0 Å². The Morgan fingerprint density at radius 2 is 1.57 bits per heavy atom. The second kappa shape index (κ2) is 4.19. The average molecular weight is 196 g/mol. The first-order chi connectivity index (χ1) is 6.88. The summed E-state index contributed by atoms with van der Waals surface area (Å²) in [5, 5.41) is 0. The summed E-state index contributed by atoms with van der Waals surface area (Å²) in [7, 11) is 0. The van der Waals surface area contributed by atoms with Gasteiger partial charge in [-0.2, -0.15) is 0 Å². The van der Waals surface area contributed by atoms with Crippen LogP contribution in [0.3, 0.4) is 0 Å². The molecule has 2 bridgehead atoms. The highest BCUT2D eigenvalue weighted by Gasteiger charge is 2.49. The van der Waals surface area contributed by atoms with Crippen LogP contribution in [0.1, 0.15) is 40.0 Å². The van der Waals surface area contributed by atoms with Crippen molar-refractivity contribution in [2.24, 2.45) is 0 Å². The number of hydrogen-bond donors (Lipinski definition) is 0. The normalized spacial score (nSPS) is 37.1. The van der Waals surface area contributed by atoms with Gasteiger partial charge in [-0.3, -0.25) is 4.90 Å².